The summed E-state index contributed by atoms with van der Waals surface area (Å²) < 4.78 is 2.98. The first kappa shape index (κ1) is 13.1. The highest BCUT2D eigenvalue weighted by molar-refractivity contribution is 7.80. The lowest BCUT2D eigenvalue weighted by Gasteiger charge is -2.03. The van der Waals surface area contributed by atoms with Gasteiger partial charge in [-0.2, -0.15) is 17.7 Å². The summed E-state index contributed by atoms with van der Waals surface area (Å²) in [4.78, 5) is 12.1. The zero-order valence-corrected chi connectivity index (χ0v) is 11.3. The molecular weight excluding hydrogens is 250 g/mol. The first-order chi connectivity index (χ1) is 8.74. The van der Waals surface area contributed by atoms with Gasteiger partial charge in [0.05, 0.1) is 6.20 Å². The third-order valence-electron chi connectivity index (χ3n) is 2.90. The zero-order chi connectivity index (χ0) is 13.0. The minimum absolute atomic E-state index is 0.109. The number of aromatic nitrogens is 5. The van der Waals surface area contributed by atoms with Crippen molar-refractivity contribution >= 4 is 23.7 Å². The minimum atomic E-state index is -0.109. The smallest absolute Gasteiger partial charge is 0.267 e. The van der Waals surface area contributed by atoms with Gasteiger partial charge in [-0.3, -0.25) is 4.79 Å². The number of thiol groups is 1. The molecule has 0 aliphatic carbocycles. The van der Waals surface area contributed by atoms with E-state index in [0.29, 0.717) is 17.6 Å². The van der Waals surface area contributed by atoms with Gasteiger partial charge in [0.2, 0.25) is 0 Å². The second kappa shape index (κ2) is 5.99. The molecule has 0 atom stereocenters. The average molecular weight is 267 g/mol. The van der Waals surface area contributed by atoms with Crippen LogP contribution < -0.4 is 5.56 Å². The third kappa shape index (κ3) is 2.72. The zero-order valence-electron chi connectivity index (χ0n) is 10.4. The molecule has 0 saturated carbocycles. The highest BCUT2D eigenvalue weighted by Gasteiger charge is 2.08. The van der Waals surface area contributed by atoms with Gasteiger partial charge in [-0.25, -0.2) is 9.36 Å². The van der Waals surface area contributed by atoms with Crippen molar-refractivity contribution < 1.29 is 0 Å². The Bertz CT molecular complexity index is 576. The van der Waals surface area contributed by atoms with Gasteiger partial charge in [0.1, 0.15) is 5.39 Å². The first-order valence-corrected chi connectivity index (χ1v) is 6.73. The Kier molecular flexibility index (Phi) is 4.35. The Balaban J connectivity index is 2.05. The monoisotopic (exact) mass is 267 g/mol. The predicted molar refractivity (Wildman–Crippen MR) is 72.9 cm³/mol. The van der Waals surface area contributed by atoms with Crippen LogP contribution in [0.1, 0.15) is 25.7 Å². The van der Waals surface area contributed by atoms with Crippen LogP contribution >= 0.6 is 12.6 Å². The van der Waals surface area contributed by atoms with E-state index in [1.165, 1.54) is 4.68 Å². The van der Waals surface area contributed by atoms with Gasteiger partial charge in [0.25, 0.3) is 5.56 Å². The summed E-state index contributed by atoms with van der Waals surface area (Å²) in [6, 6.07) is 0. The summed E-state index contributed by atoms with van der Waals surface area (Å²) in [6.45, 7) is 0.614. The quantitative estimate of drug-likeness (QED) is 0.627. The molecule has 0 fully saturated rings. The van der Waals surface area contributed by atoms with Crippen molar-refractivity contribution in [1.29, 1.82) is 0 Å². The van der Waals surface area contributed by atoms with Crippen molar-refractivity contribution in [3.63, 3.8) is 0 Å². The van der Waals surface area contributed by atoms with E-state index < -0.39 is 0 Å². The van der Waals surface area contributed by atoms with Gasteiger partial charge in [-0.05, 0) is 18.6 Å². The number of hydrogen-bond acceptors (Lipinski definition) is 5. The number of unbranched alkanes of at least 4 members (excludes halogenated alkanes) is 3. The Morgan fingerprint density at radius 3 is 2.83 bits per heavy atom. The fourth-order valence-corrected chi connectivity index (χ4v) is 2.07. The van der Waals surface area contributed by atoms with Gasteiger partial charge < -0.3 is 0 Å². The van der Waals surface area contributed by atoms with E-state index in [1.54, 1.807) is 17.9 Å². The number of fused-ring (bicyclic) bond motifs is 1. The molecule has 0 aliphatic rings. The lowest BCUT2D eigenvalue weighted by molar-refractivity contribution is 0.500. The lowest BCUT2D eigenvalue weighted by atomic mass is 10.2. The molecule has 98 valence electrons. The topological polar surface area (TPSA) is 65.6 Å². The van der Waals surface area contributed by atoms with Crippen molar-refractivity contribution in [2.75, 3.05) is 5.75 Å². The van der Waals surface area contributed by atoms with Gasteiger partial charge >= 0.3 is 0 Å². The van der Waals surface area contributed by atoms with Gasteiger partial charge in [0.15, 0.2) is 5.65 Å². The van der Waals surface area contributed by atoms with Crippen molar-refractivity contribution in [2.24, 2.45) is 7.05 Å². The molecule has 2 heterocycles. The molecule has 2 aromatic rings. The largest absolute Gasteiger partial charge is 0.280 e. The van der Waals surface area contributed by atoms with Crippen LogP contribution in [0.3, 0.4) is 0 Å². The van der Waals surface area contributed by atoms with Crippen molar-refractivity contribution in [1.82, 2.24) is 24.8 Å². The molecule has 7 heteroatoms. The van der Waals surface area contributed by atoms with Crippen LogP contribution in [0.5, 0.6) is 0 Å². The molecular formula is C11H17N5OS. The maximum atomic E-state index is 12.1. The van der Waals surface area contributed by atoms with Crippen LogP contribution in [0, 0.1) is 0 Å². The van der Waals surface area contributed by atoms with E-state index in [1.807, 2.05) is 0 Å². The van der Waals surface area contributed by atoms with Crippen LogP contribution in [-0.2, 0) is 13.6 Å². The van der Waals surface area contributed by atoms with E-state index in [2.05, 4.69) is 28.0 Å². The molecule has 0 amide bonds. The van der Waals surface area contributed by atoms with Crippen LogP contribution in [0.2, 0.25) is 0 Å². The molecule has 0 spiro atoms. The summed E-state index contributed by atoms with van der Waals surface area (Å²) in [7, 11) is 1.75. The molecule has 0 bridgehead atoms. The predicted octanol–water partition coefficient (Wildman–Crippen LogP) is 1.02. The number of aryl methyl sites for hydroxylation is 2. The Morgan fingerprint density at radius 1 is 1.28 bits per heavy atom. The lowest BCUT2D eigenvalue weighted by Crippen LogP contribution is -2.24. The van der Waals surface area contributed by atoms with Crippen molar-refractivity contribution in [3.05, 3.63) is 16.6 Å². The number of rotatable bonds is 6. The first-order valence-electron chi connectivity index (χ1n) is 6.10. The van der Waals surface area contributed by atoms with Crippen molar-refractivity contribution in [3.8, 4) is 0 Å². The Labute approximate surface area is 110 Å². The SMILES string of the molecule is Cn1ncc2c(=O)n(CCCCCCS)nnc21. The van der Waals surface area contributed by atoms with Crippen LogP contribution in [0.15, 0.2) is 11.0 Å². The summed E-state index contributed by atoms with van der Waals surface area (Å²) in [5, 5.41) is 12.5. The highest BCUT2D eigenvalue weighted by Crippen LogP contribution is 2.04. The van der Waals surface area contributed by atoms with Crippen LogP contribution in [0.25, 0.3) is 11.0 Å². The van der Waals surface area contributed by atoms with Gasteiger partial charge in [0, 0.05) is 13.6 Å². The maximum absolute atomic E-state index is 12.1. The standard InChI is InChI=1S/C11H17N5OS/c1-15-10-9(8-12-15)11(17)16(14-13-10)6-4-2-3-5-7-18/h8,18H,2-7H2,1H3. The maximum Gasteiger partial charge on any atom is 0.280 e. The number of hydrogen-bond donors (Lipinski definition) is 1. The van der Waals surface area contributed by atoms with E-state index in [-0.39, 0.29) is 5.56 Å². The molecule has 6 nitrogen and oxygen atoms in total. The third-order valence-corrected chi connectivity index (χ3v) is 3.21. The van der Waals surface area contributed by atoms with Crippen LogP contribution in [-0.4, -0.2) is 30.5 Å². The second-order valence-corrected chi connectivity index (χ2v) is 4.71. The van der Waals surface area contributed by atoms with Gasteiger partial charge in [-0.15, -0.1) is 5.10 Å². The molecule has 18 heavy (non-hydrogen) atoms. The Hall–Kier alpha value is -1.37. The Morgan fingerprint density at radius 2 is 2.06 bits per heavy atom. The molecule has 0 unspecified atom stereocenters. The fourth-order valence-electron chi connectivity index (χ4n) is 1.85. The summed E-state index contributed by atoms with van der Waals surface area (Å²) in [5.41, 5.74) is 0.425. The van der Waals surface area contributed by atoms with Crippen LogP contribution in [0.4, 0.5) is 0 Å². The summed E-state index contributed by atoms with van der Waals surface area (Å²) in [5.74, 6) is 0.918. The molecule has 0 saturated heterocycles. The molecule has 0 aromatic carbocycles. The van der Waals surface area contributed by atoms with Crippen molar-refractivity contribution in [2.45, 2.75) is 32.2 Å². The van der Waals surface area contributed by atoms with Gasteiger partial charge in [-0.1, -0.05) is 18.1 Å². The summed E-state index contributed by atoms with van der Waals surface area (Å²) >= 11 is 4.16. The average Bonchev–Trinajstić information content (AvgIpc) is 2.74. The second-order valence-electron chi connectivity index (χ2n) is 4.26. The minimum Gasteiger partial charge on any atom is -0.267 e. The van der Waals surface area contributed by atoms with E-state index in [4.69, 9.17) is 0 Å². The highest BCUT2D eigenvalue weighted by atomic mass is 32.1. The normalized spacial score (nSPS) is 11.2. The summed E-state index contributed by atoms with van der Waals surface area (Å²) in [6.07, 6.45) is 5.82. The molecule has 2 aromatic heterocycles. The number of nitrogens with zero attached hydrogens (tertiary/aromatic N) is 5. The fraction of sp³-hybridized carbons (Fsp3) is 0.636. The van der Waals surface area contributed by atoms with E-state index in [9.17, 15) is 4.79 Å². The molecule has 2 rings (SSSR count). The van der Waals surface area contributed by atoms with E-state index >= 15 is 0 Å². The molecule has 0 radical (unpaired) electrons. The van der Waals surface area contributed by atoms with E-state index in [0.717, 1.165) is 31.4 Å². The molecule has 0 aliphatic heterocycles. The molecule has 0 N–H and O–H groups in total.